The Bertz CT molecular complexity index is 240. The summed E-state index contributed by atoms with van der Waals surface area (Å²) in [6.45, 7) is 9.45. The van der Waals surface area contributed by atoms with E-state index in [2.05, 4.69) is 11.2 Å². The van der Waals surface area contributed by atoms with E-state index >= 15 is 0 Å². The van der Waals surface area contributed by atoms with Crippen molar-refractivity contribution < 1.29 is 4.43 Å². The normalized spacial score (nSPS) is 14.6. The Labute approximate surface area is 86.4 Å². The van der Waals surface area contributed by atoms with Gasteiger partial charge in [0.1, 0.15) is 11.6 Å². The first-order valence-electron chi connectivity index (χ1n) is 4.62. The molecule has 14 heavy (non-hydrogen) atoms. The van der Waals surface area contributed by atoms with Crippen LogP contribution in [0.3, 0.4) is 0 Å². The third kappa shape index (κ3) is 5.83. The average molecular weight is 214 g/mol. The first-order chi connectivity index (χ1) is 6.20. The first-order valence-corrected chi connectivity index (χ1v) is 8.03. The van der Waals surface area contributed by atoms with Crippen LogP contribution in [0.1, 0.15) is 20.3 Å². The SMILES string of the molecule is CC(C)(CC(C#N)O[Si](C)(C)C)N=O. The molecule has 0 saturated heterocycles. The predicted molar refractivity (Wildman–Crippen MR) is 58.3 cm³/mol. The van der Waals surface area contributed by atoms with E-state index in [0.717, 1.165) is 0 Å². The van der Waals surface area contributed by atoms with Gasteiger partial charge < -0.3 is 4.43 Å². The van der Waals surface area contributed by atoms with E-state index in [9.17, 15) is 4.91 Å². The highest BCUT2D eigenvalue weighted by atomic mass is 28.4. The fraction of sp³-hybridized carbons (Fsp3) is 0.889. The lowest BCUT2D eigenvalue weighted by Crippen LogP contribution is -2.35. The zero-order chi connectivity index (χ0) is 11.4. The minimum Gasteiger partial charge on any atom is -0.402 e. The molecule has 0 aliphatic carbocycles. The number of nitriles is 1. The lowest BCUT2D eigenvalue weighted by molar-refractivity contribution is 0.208. The van der Waals surface area contributed by atoms with Crippen LogP contribution in [-0.4, -0.2) is 20.0 Å². The molecule has 0 fully saturated rings. The second-order valence-electron chi connectivity index (χ2n) is 4.96. The smallest absolute Gasteiger partial charge is 0.185 e. The Morgan fingerprint density at radius 1 is 1.50 bits per heavy atom. The maximum Gasteiger partial charge on any atom is 0.185 e. The van der Waals surface area contributed by atoms with E-state index in [0.29, 0.717) is 6.42 Å². The Morgan fingerprint density at radius 2 is 2.00 bits per heavy atom. The van der Waals surface area contributed by atoms with E-state index in [1.54, 1.807) is 13.8 Å². The fourth-order valence-corrected chi connectivity index (χ4v) is 2.02. The van der Waals surface area contributed by atoms with Crippen LogP contribution in [0.5, 0.6) is 0 Å². The summed E-state index contributed by atoms with van der Waals surface area (Å²) in [6.07, 6.45) is -0.161. The van der Waals surface area contributed by atoms with Crippen LogP contribution in [-0.2, 0) is 4.43 Å². The molecule has 0 aromatic rings. The number of hydrogen-bond donors (Lipinski definition) is 0. The van der Waals surface area contributed by atoms with Gasteiger partial charge in [-0.3, -0.25) is 0 Å². The Morgan fingerprint density at radius 3 is 2.29 bits per heavy atom. The first kappa shape index (κ1) is 13.3. The van der Waals surface area contributed by atoms with Crippen molar-refractivity contribution in [2.75, 3.05) is 0 Å². The summed E-state index contributed by atoms with van der Waals surface area (Å²) >= 11 is 0. The maximum atomic E-state index is 10.4. The van der Waals surface area contributed by atoms with Gasteiger partial charge in [0.05, 0.1) is 6.07 Å². The molecule has 0 aromatic heterocycles. The van der Waals surface area contributed by atoms with E-state index in [1.165, 1.54) is 0 Å². The van der Waals surface area contributed by atoms with E-state index in [-0.39, 0.29) is 0 Å². The number of nitrogens with zero attached hydrogens (tertiary/aromatic N) is 2. The summed E-state index contributed by atoms with van der Waals surface area (Å²) in [5.74, 6) is 0. The summed E-state index contributed by atoms with van der Waals surface area (Å²) in [5.41, 5.74) is -0.722. The second-order valence-corrected chi connectivity index (χ2v) is 9.42. The van der Waals surface area contributed by atoms with Gasteiger partial charge in [0.25, 0.3) is 0 Å². The number of rotatable bonds is 5. The van der Waals surface area contributed by atoms with Crippen LogP contribution in [0.25, 0.3) is 0 Å². The average Bonchev–Trinajstić information content (AvgIpc) is 2.00. The summed E-state index contributed by atoms with van der Waals surface area (Å²) < 4.78 is 5.60. The molecule has 0 aliphatic heterocycles. The Kier molecular flexibility index (Phi) is 4.42. The Hall–Kier alpha value is -0.733. The minimum atomic E-state index is -1.72. The van der Waals surface area contributed by atoms with Gasteiger partial charge in [-0.25, -0.2) is 0 Å². The lowest BCUT2D eigenvalue weighted by Gasteiger charge is -2.25. The van der Waals surface area contributed by atoms with Crippen molar-refractivity contribution in [1.82, 2.24) is 0 Å². The monoisotopic (exact) mass is 214 g/mol. The molecule has 1 unspecified atom stereocenters. The highest BCUT2D eigenvalue weighted by Crippen LogP contribution is 2.20. The molecular weight excluding hydrogens is 196 g/mol. The van der Waals surface area contributed by atoms with Gasteiger partial charge in [0.15, 0.2) is 8.32 Å². The molecule has 0 saturated carbocycles. The lowest BCUT2D eigenvalue weighted by atomic mass is 9.99. The van der Waals surface area contributed by atoms with Gasteiger partial charge in [-0.2, -0.15) is 10.2 Å². The van der Waals surface area contributed by atoms with Crippen molar-refractivity contribution in [2.24, 2.45) is 5.18 Å². The van der Waals surface area contributed by atoms with Crippen LogP contribution < -0.4 is 0 Å². The molecule has 80 valence electrons. The topological polar surface area (TPSA) is 62.4 Å². The molecule has 0 spiro atoms. The van der Waals surface area contributed by atoms with Gasteiger partial charge in [-0.1, -0.05) is 5.18 Å². The van der Waals surface area contributed by atoms with E-state index < -0.39 is 20.0 Å². The molecule has 1 atom stereocenters. The van der Waals surface area contributed by atoms with Gasteiger partial charge >= 0.3 is 0 Å². The van der Waals surface area contributed by atoms with Crippen molar-refractivity contribution in [3.63, 3.8) is 0 Å². The summed E-state index contributed by atoms with van der Waals surface area (Å²) in [4.78, 5) is 10.4. The van der Waals surface area contributed by atoms with E-state index in [1.807, 2.05) is 19.6 Å². The van der Waals surface area contributed by atoms with Gasteiger partial charge in [0.2, 0.25) is 0 Å². The van der Waals surface area contributed by atoms with Crippen molar-refractivity contribution >= 4 is 8.32 Å². The molecule has 4 nitrogen and oxygen atoms in total. The molecule has 0 rings (SSSR count). The van der Waals surface area contributed by atoms with E-state index in [4.69, 9.17) is 9.69 Å². The third-order valence-corrected chi connectivity index (χ3v) is 2.56. The highest BCUT2D eigenvalue weighted by molar-refractivity contribution is 6.69. The molecule has 0 N–H and O–H groups in total. The summed E-state index contributed by atoms with van der Waals surface area (Å²) in [6, 6.07) is 2.06. The van der Waals surface area contributed by atoms with Crippen LogP contribution in [0, 0.1) is 16.2 Å². The van der Waals surface area contributed by atoms with Crippen LogP contribution in [0.15, 0.2) is 5.18 Å². The molecule has 0 heterocycles. The molecule has 0 radical (unpaired) electrons. The summed E-state index contributed by atoms with van der Waals surface area (Å²) in [7, 11) is -1.72. The standard InChI is InChI=1S/C9H18N2O2Si/c1-9(2,11-12)6-8(7-10)13-14(3,4)5/h8H,6H2,1-5H3. The summed E-state index contributed by atoms with van der Waals surface area (Å²) in [5, 5.41) is 11.8. The van der Waals surface area contributed by atoms with Crippen LogP contribution in [0.2, 0.25) is 19.6 Å². The minimum absolute atomic E-state index is 0.358. The van der Waals surface area contributed by atoms with Crippen LogP contribution >= 0.6 is 0 Å². The van der Waals surface area contributed by atoms with Crippen molar-refractivity contribution in [3.8, 4) is 6.07 Å². The van der Waals surface area contributed by atoms with Crippen LogP contribution in [0.4, 0.5) is 0 Å². The van der Waals surface area contributed by atoms with Crippen molar-refractivity contribution in [1.29, 1.82) is 5.26 Å². The molecule has 5 heteroatoms. The number of nitroso groups, excluding NO2 is 1. The number of hydrogen-bond acceptors (Lipinski definition) is 4. The molecular formula is C9H18N2O2Si. The second kappa shape index (κ2) is 4.67. The zero-order valence-electron chi connectivity index (χ0n) is 9.50. The molecule has 0 aromatic carbocycles. The zero-order valence-corrected chi connectivity index (χ0v) is 10.5. The highest BCUT2D eigenvalue weighted by Gasteiger charge is 2.28. The molecule has 0 amide bonds. The fourth-order valence-electron chi connectivity index (χ4n) is 1.03. The van der Waals surface area contributed by atoms with Gasteiger partial charge in [-0.15, -0.1) is 0 Å². The maximum absolute atomic E-state index is 10.4. The molecule has 0 bridgehead atoms. The van der Waals surface area contributed by atoms with Crippen molar-refractivity contribution in [2.45, 2.75) is 51.6 Å². The third-order valence-electron chi connectivity index (χ3n) is 1.57. The van der Waals surface area contributed by atoms with Crippen molar-refractivity contribution in [3.05, 3.63) is 4.91 Å². The Balaban J connectivity index is 4.33. The predicted octanol–water partition coefficient (Wildman–Crippen LogP) is 2.67. The van der Waals surface area contributed by atoms with Gasteiger partial charge in [0, 0.05) is 6.42 Å². The largest absolute Gasteiger partial charge is 0.402 e. The quantitative estimate of drug-likeness (QED) is 0.522. The molecule has 0 aliphatic rings. The van der Waals surface area contributed by atoms with Gasteiger partial charge in [-0.05, 0) is 33.5 Å².